The van der Waals surface area contributed by atoms with E-state index in [4.69, 9.17) is 14.6 Å². The molecule has 0 radical (unpaired) electrons. The van der Waals surface area contributed by atoms with Gasteiger partial charge in [0.2, 0.25) is 0 Å². The van der Waals surface area contributed by atoms with Crippen LogP contribution in [0.4, 0.5) is 0 Å². The predicted molar refractivity (Wildman–Crippen MR) is 122 cm³/mol. The molecule has 0 atom stereocenters. The molecule has 4 heteroatoms. The molecule has 0 spiro atoms. The second-order valence-electron chi connectivity index (χ2n) is 9.21. The van der Waals surface area contributed by atoms with Gasteiger partial charge >= 0.3 is 5.97 Å². The molecule has 0 saturated carbocycles. The van der Waals surface area contributed by atoms with Gasteiger partial charge in [0.05, 0.1) is 24.8 Å². The number of fused-ring (bicyclic) bond motifs is 1. The van der Waals surface area contributed by atoms with Gasteiger partial charge in [-0.15, -0.1) is 0 Å². The number of carboxylic acids is 1. The fraction of sp³-hybridized carbons (Fsp3) is 0.423. The zero-order valence-electron chi connectivity index (χ0n) is 18.8. The first-order valence-corrected chi connectivity index (χ1v) is 10.5. The summed E-state index contributed by atoms with van der Waals surface area (Å²) in [6, 6.07) is 9.00. The summed E-state index contributed by atoms with van der Waals surface area (Å²) >= 11 is 0. The zero-order chi connectivity index (χ0) is 22.1. The number of carbonyl (C=O) groups is 1. The summed E-state index contributed by atoms with van der Waals surface area (Å²) in [4.78, 5) is 11.1. The van der Waals surface area contributed by atoms with E-state index in [9.17, 15) is 4.79 Å². The minimum Gasteiger partial charge on any atom is -0.496 e. The van der Waals surface area contributed by atoms with Crippen LogP contribution in [-0.2, 0) is 10.8 Å². The van der Waals surface area contributed by atoms with E-state index in [0.29, 0.717) is 6.61 Å². The molecule has 30 heavy (non-hydrogen) atoms. The molecule has 1 aliphatic rings. The molecule has 0 aliphatic heterocycles. The van der Waals surface area contributed by atoms with Gasteiger partial charge in [0.25, 0.3) is 0 Å². The highest BCUT2D eigenvalue weighted by Crippen LogP contribution is 2.52. The average molecular weight is 409 g/mol. The Balaban J connectivity index is 2.17. The number of aromatic carboxylic acids is 1. The number of carboxylic acid groups (broad SMARTS) is 1. The second kappa shape index (κ2) is 8.17. The lowest BCUT2D eigenvalue weighted by Gasteiger charge is -2.43. The molecule has 0 heterocycles. The van der Waals surface area contributed by atoms with Gasteiger partial charge in [-0.25, -0.2) is 4.79 Å². The minimum absolute atomic E-state index is 0.00730. The summed E-state index contributed by atoms with van der Waals surface area (Å²) < 4.78 is 12.0. The van der Waals surface area contributed by atoms with E-state index in [0.717, 1.165) is 35.5 Å². The van der Waals surface area contributed by atoms with Gasteiger partial charge in [0, 0.05) is 5.56 Å². The van der Waals surface area contributed by atoms with Crippen LogP contribution in [-0.4, -0.2) is 24.8 Å². The Morgan fingerprint density at radius 3 is 2.27 bits per heavy atom. The summed E-state index contributed by atoms with van der Waals surface area (Å²) in [5.41, 5.74) is 4.74. The normalized spacial score (nSPS) is 16.9. The van der Waals surface area contributed by atoms with Crippen LogP contribution in [0.5, 0.6) is 11.5 Å². The van der Waals surface area contributed by atoms with Crippen LogP contribution in [0.1, 0.15) is 80.1 Å². The van der Waals surface area contributed by atoms with Crippen molar-refractivity contribution in [2.75, 3.05) is 13.7 Å². The van der Waals surface area contributed by atoms with Crippen LogP contribution in [0.25, 0.3) is 12.2 Å². The Morgan fingerprint density at radius 1 is 1.07 bits per heavy atom. The SMILES string of the molecule is CCOc1c(C=Cc2ccc(C(=O)O)cc2)c(OC)cc2c1C(C)(C)CCC2(C)C. The Labute approximate surface area is 179 Å². The molecule has 1 N–H and O–H groups in total. The fourth-order valence-electron chi connectivity index (χ4n) is 4.28. The summed E-state index contributed by atoms with van der Waals surface area (Å²) in [6.45, 7) is 11.7. The van der Waals surface area contributed by atoms with Crippen LogP contribution in [0, 0.1) is 0 Å². The fourth-order valence-corrected chi connectivity index (χ4v) is 4.28. The quantitative estimate of drug-likeness (QED) is 0.569. The largest absolute Gasteiger partial charge is 0.496 e. The molecule has 0 saturated heterocycles. The Morgan fingerprint density at radius 2 is 1.70 bits per heavy atom. The molecule has 0 bridgehead atoms. The number of ether oxygens (including phenoxy) is 2. The van der Waals surface area contributed by atoms with E-state index in [1.54, 1.807) is 31.4 Å². The van der Waals surface area contributed by atoms with Crippen LogP contribution in [0.3, 0.4) is 0 Å². The number of benzene rings is 2. The zero-order valence-corrected chi connectivity index (χ0v) is 18.8. The number of hydrogen-bond acceptors (Lipinski definition) is 3. The molecule has 160 valence electrons. The molecule has 0 unspecified atom stereocenters. The van der Waals surface area contributed by atoms with Crippen molar-refractivity contribution in [3.05, 3.63) is 58.1 Å². The molecule has 1 aliphatic carbocycles. The molecule has 4 nitrogen and oxygen atoms in total. The standard InChI is InChI=1S/C26H32O4/c1-7-30-23-19(13-10-17-8-11-18(12-9-17)24(27)28)21(29-6)16-20-22(23)26(4,5)15-14-25(20,2)3/h8-13,16H,7,14-15H2,1-6H3,(H,27,28). The van der Waals surface area contributed by atoms with Gasteiger partial charge in [0.1, 0.15) is 11.5 Å². The van der Waals surface area contributed by atoms with E-state index in [1.807, 2.05) is 19.1 Å². The monoisotopic (exact) mass is 408 g/mol. The molecule has 0 fully saturated rings. The smallest absolute Gasteiger partial charge is 0.335 e. The third-order valence-electron chi connectivity index (χ3n) is 6.17. The topological polar surface area (TPSA) is 55.8 Å². The van der Waals surface area contributed by atoms with E-state index >= 15 is 0 Å². The van der Waals surface area contributed by atoms with Crippen LogP contribution < -0.4 is 9.47 Å². The molecule has 3 rings (SSSR count). The van der Waals surface area contributed by atoms with Crippen molar-refractivity contribution in [2.45, 2.75) is 58.3 Å². The summed E-state index contributed by atoms with van der Waals surface area (Å²) in [7, 11) is 1.69. The first kappa shape index (κ1) is 21.9. The molecule has 2 aromatic carbocycles. The summed E-state index contributed by atoms with van der Waals surface area (Å²) in [5.74, 6) is 0.759. The summed E-state index contributed by atoms with van der Waals surface area (Å²) in [6.07, 6.45) is 6.20. The number of methoxy groups -OCH3 is 1. The van der Waals surface area contributed by atoms with Crippen molar-refractivity contribution in [3.63, 3.8) is 0 Å². The Bertz CT molecular complexity index is 966. The van der Waals surface area contributed by atoms with E-state index in [2.05, 4.69) is 33.8 Å². The van der Waals surface area contributed by atoms with Crippen LogP contribution in [0.2, 0.25) is 0 Å². The Kier molecular flexibility index (Phi) is 5.98. The first-order chi connectivity index (χ1) is 14.1. The van der Waals surface area contributed by atoms with E-state index < -0.39 is 5.97 Å². The van der Waals surface area contributed by atoms with E-state index in [1.165, 1.54) is 11.1 Å². The lowest BCUT2D eigenvalue weighted by molar-refractivity contribution is 0.0697. The first-order valence-electron chi connectivity index (χ1n) is 10.5. The van der Waals surface area contributed by atoms with Crippen molar-refractivity contribution in [1.82, 2.24) is 0 Å². The van der Waals surface area contributed by atoms with Gasteiger partial charge in [-0.1, -0.05) is 45.9 Å². The van der Waals surface area contributed by atoms with Gasteiger partial charge in [0.15, 0.2) is 0 Å². The van der Waals surface area contributed by atoms with E-state index in [-0.39, 0.29) is 16.4 Å². The lowest BCUT2D eigenvalue weighted by atomic mass is 9.62. The molecule has 0 amide bonds. The molecular formula is C26H32O4. The highest BCUT2D eigenvalue weighted by molar-refractivity contribution is 5.88. The summed E-state index contributed by atoms with van der Waals surface area (Å²) in [5, 5.41) is 9.10. The minimum atomic E-state index is -0.926. The van der Waals surface area contributed by atoms with Crippen molar-refractivity contribution in [2.24, 2.45) is 0 Å². The highest BCUT2D eigenvalue weighted by atomic mass is 16.5. The lowest BCUT2D eigenvalue weighted by Crippen LogP contribution is -2.34. The van der Waals surface area contributed by atoms with Crippen LogP contribution >= 0.6 is 0 Å². The van der Waals surface area contributed by atoms with Gasteiger partial charge in [-0.2, -0.15) is 0 Å². The maximum absolute atomic E-state index is 11.1. The highest BCUT2D eigenvalue weighted by Gasteiger charge is 2.41. The third kappa shape index (κ3) is 4.09. The number of hydrogen-bond donors (Lipinski definition) is 1. The van der Waals surface area contributed by atoms with Gasteiger partial charge < -0.3 is 14.6 Å². The second-order valence-corrected chi connectivity index (χ2v) is 9.21. The molecular weight excluding hydrogens is 376 g/mol. The van der Waals surface area contributed by atoms with Crippen molar-refractivity contribution in [3.8, 4) is 11.5 Å². The average Bonchev–Trinajstić information content (AvgIpc) is 2.70. The van der Waals surface area contributed by atoms with Crippen molar-refractivity contribution in [1.29, 1.82) is 0 Å². The maximum Gasteiger partial charge on any atom is 0.335 e. The van der Waals surface area contributed by atoms with Gasteiger partial charge in [-0.3, -0.25) is 0 Å². The number of rotatable bonds is 6. The van der Waals surface area contributed by atoms with Gasteiger partial charge in [-0.05, 0) is 66.0 Å². The molecule has 2 aromatic rings. The maximum atomic E-state index is 11.1. The van der Waals surface area contributed by atoms with Crippen molar-refractivity contribution < 1.29 is 19.4 Å². The van der Waals surface area contributed by atoms with Crippen molar-refractivity contribution >= 4 is 18.1 Å². The predicted octanol–water partition coefficient (Wildman–Crippen LogP) is 6.31. The Hall–Kier alpha value is -2.75. The van der Waals surface area contributed by atoms with Crippen LogP contribution in [0.15, 0.2) is 30.3 Å². The molecule has 0 aromatic heterocycles. The third-order valence-corrected chi connectivity index (χ3v) is 6.17.